The lowest BCUT2D eigenvalue weighted by Gasteiger charge is -2.46. The minimum Gasteiger partial charge on any atom is -0.461 e. The Balaban J connectivity index is 1.16. The van der Waals surface area contributed by atoms with Crippen LogP contribution in [0.2, 0.25) is 5.02 Å². The molecule has 1 aliphatic rings. The van der Waals surface area contributed by atoms with Crippen LogP contribution in [-0.2, 0) is 51.8 Å². The molecule has 0 spiro atoms. The number of furan rings is 1. The van der Waals surface area contributed by atoms with Gasteiger partial charge in [0.2, 0.25) is 0 Å². The van der Waals surface area contributed by atoms with Gasteiger partial charge in [0.15, 0.2) is 0 Å². The number of hydrogen-bond acceptors (Lipinski definition) is 6. The summed E-state index contributed by atoms with van der Waals surface area (Å²) in [5.41, 5.74) is 7.36. The Morgan fingerprint density at radius 1 is 0.518 bits per heavy atom. The van der Waals surface area contributed by atoms with Crippen molar-refractivity contribution in [1.82, 2.24) is 0 Å². The molecule has 1 aromatic heterocycles. The van der Waals surface area contributed by atoms with Gasteiger partial charge in [0, 0.05) is 16.8 Å². The quantitative estimate of drug-likeness (QED) is 0.0973. The zero-order chi connectivity index (χ0) is 37.9. The Kier molecular flexibility index (Phi) is 13.0. The number of ether oxygens (including phenoxy) is 4. The maximum absolute atomic E-state index is 7.05. The molecule has 284 valence electrons. The molecule has 5 nitrogen and oxygen atoms in total. The van der Waals surface area contributed by atoms with Crippen LogP contribution in [0.4, 0.5) is 0 Å². The molecule has 0 unspecified atom stereocenters. The van der Waals surface area contributed by atoms with E-state index in [0.29, 0.717) is 44.5 Å². The van der Waals surface area contributed by atoms with Gasteiger partial charge in [-0.15, -0.1) is 11.8 Å². The maximum atomic E-state index is 7.05. The molecule has 0 N–H and O–H groups in total. The molecular formula is C49H45ClO5S. The summed E-state index contributed by atoms with van der Waals surface area (Å²) in [6.45, 7) is 2.24. The van der Waals surface area contributed by atoms with E-state index < -0.39 is 6.10 Å². The van der Waals surface area contributed by atoms with Crippen molar-refractivity contribution >= 4 is 34.3 Å². The van der Waals surface area contributed by atoms with Gasteiger partial charge in [0.25, 0.3) is 0 Å². The molecule has 7 aromatic rings. The number of thioether (sulfide) groups is 1. The van der Waals surface area contributed by atoms with Crippen molar-refractivity contribution in [1.29, 1.82) is 0 Å². The highest BCUT2D eigenvalue weighted by Crippen LogP contribution is 2.48. The second kappa shape index (κ2) is 19.0. The third-order valence-electron chi connectivity index (χ3n) is 10.1. The average Bonchev–Trinajstić information content (AvgIpc) is 3.66. The second-order valence-electron chi connectivity index (χ2n) is 14.2. The van der Waals surface area contributed by atoms with E-state index in [1.54, 1.807) is 0 Å². The molecule has 2 heterocycles. The Labute approximate surface area is 338 Å². The van der Waals surface area contributed by atoms with Crippen LogP contribution in [0.5, 0.6) is 0 Å². The summed E-state index contributed by atoms with van der Waals surface area (Å²) in [5, 5.41) is 1.55. The maximum Gasteiger partial charge on any atom is 0.134 e. The average molecular weight is 781 g/mol. The van der Waals surface area contributed by atoms with E-state index in [0.717, 1.165) is 50.1 Å². The molecule has 56 heavy (non-hydrogen) atoms. The van der Waals surface area contributed by atoms with Gasteiger partial charge in [-0.05, 0) is 51.6 Å². The predicted octanol–water partition coefficient (Wildman–Crippen LogP) is 11.8. The molecular weight excluding hydrogens is 736 g/mol. The lowest BCUT2D eigenvalue weighted by atomic mass is 9.94. The van der Waals surface area contributed by atoms with Crippen molar-refractivity contribution in [2.45, 2.75) is 61.7 Å². The molecule has 6 aromatic carbocycles. The summed E-state index contributed by atoms with van der Waals surface area (Å²) in [4.78, 5) is 0. The number of halogens is 1. The molecule has 1 aliphatic heterocycles. The third-order valence-corrected chi connectivity index (χ3v) is 12.1. The molecule has 7 heteroatoms. The number of para-hydroxylation sites is 1. The van der Waals surface area contributed by atoms with Crippen LogP contribution in [0.1, 0.15) is 44.4 Å². The minimum atomic E-state index is -0.436. The predicted molar refractivity (Wildman–Crippen MR) is 226 cm³/mol. The zero-order valence-corrected chi connectivity index (χ0v) is 32.7. The molecule has 0 aliphatic carbocycles. The van der Waals surface area contributed by atoms with Gasteiger partial charge in [0.05, 0.1) is 43.5 Å². The molecule has 0 saturated carbocycles. The first-order chi connectivity index (χ1) is 27.7. The lowest BCUT2D eigenvalue weighted by Crippen LogP contribution is -2.54. The van der Waals surface area contributed by atoms with Gasteiger partial charge in [0.1, 0.15) is 29.7 Å². The fraction of sp³-hybridized carbons (Fsp3) is 0.224. The van der Waals surface area contributed by atoms with Crippen molar-refractivity contribution in [3.8, 4) is 0 Å². The SMILES string of the molecule is Clc1ccc([C@@H]2S[C@H](COCc3ccccc3)[C@@H](OCc3ccccc3)[C@H](OCc3ccccc3)[C@H]2OCc2ccccc2)cc1Cc1cc2ccccc2o1. The van der Waals surface area contributed by atoms with Crippen LogP contribution in [-0.4, -0.2) is 30.2 Å². The summed E-state index contributed by atoms with van der Waals surface area (Å²) >= 11 is 8.78. The molecule has 8 rings (SSSR count). The monoisotopic (exact) mass is 780 g/mol. The van der Waals surface area contributed by atoms with E-state index in [4.69, 9.17) is 35.0 Å². The van der Waals surface area contributed by atoms with E-state index in [1.165, 1.54) is 0 Å². The standard InChI is InChI=1S/C49H45ClO5S/c50-43-26-25-40(27-41(43)29-42-28-39-23-13-14-24-44(39)55-42)49-48(54-33-38-21-11-4-12-22-38)47(53-32-37-19-9-3-10-20-37)46(52-31-36-17-7-2-8-18-36)45(56-49)34-51-30-35-15-5-1-6-16-35/h1-28,45-49H,29-34H2/t45-,46-,47+,48-,49+/m1/s1. The third kappa shape index (κ3) is 9.82. The minimum absolute atomic E-state index is 0.0840. The number of benzene rings is 6. The van der Waals surface area contributed by atoms with E-state index in [-0.39, 0.29) is 22.7 Å². The molecule has 0 radical (unpaired) electrons. The molecule has 5 atom stereocenters. The zero-order valence-electron chi connectivity index (χ0n) is 31.1. The first kappa shape index (κ1) is 38.2. The van der Waals surface area contributed by atoms with Gasteiger partial charge in [-0.3, -0.25) is 0 Å². The van der Waals surface area contributed by atoms with Gasteiger partial charge in [-0.2, -0.15) is 0 Å². The summed E-state index contributed by atoms with van der Waals surface area (Å²) in [7, 11) is 0. The second-order valence-corrected chi connectivity index (χ2v) is 16.0. The number of fused-ring (bicyclic) bond motifs is 1. The van der Waals surface area contributed by atoms with Gasteiger partial charge in [-0.1, -0.05) is 163 Å². The van der Waals surface area contributed by atoms with Gasteiger partial charge < -0.3 is 23.4 Å². The van der Waals surface area contributed by atoms with Crippen LogP contribution in [0.15, 0.2) is 174 Å². The lowest BCUT2D eigenvalue weighted by molar-refractivity contribution is -0.160. The van der Waals surface area contributed by atoms with E-state index in [9.17, 15) is 0 Å². The van der Waals surface area contributed by atoms with Crippen LogP contribution in [0.25, 0.3) is 11.0 Å². The van der Waals surface area contributed by atoms with Crippen molar-refractivity contribution in [3.05, 3.63) is 214 Å². The van der Waals surface area contributed by atoms with Crippen LogP contribution in [0, 0.1) is 0 Å². The van der Waals surface area contributed by atoms with Crippen molar-refractivity contribution in [2.24, 2.45) is 0 Å². The Hall–Kier alpha value is -4.66. The van der Waals surface area contributed by atoms with Crippen molar-refractivity contribution in [3.63, 3.8) is 0 Å². The summed E-state index contributed by atoms with van der Waals surface area (Å²) in [6.07, 6.45) is -0.600. The number of hydrogen-bond donors (Lipinski definition) is 0. The Bertz CT molecular complexity index is 2220. The van der Waals surface area contributed by atoms with E-state index >= 15 is 0 Å². The highest BCUT2D eigenvalue weighted by molar-refractivity contribution is 8.00. The van der Waals surface area contributed by atoms with Crippen LogP contribution in [0.3, 0.4) is 0 Å². The normalized spacial score (nSPS) is 19.6. The Morgan fingerprint density at radius 2 is 1.04 bits per heavy atom. The Morgan fingerprint density at radius 3 is 1.62 bits per heavy atom. The highest BCUT2D eigenvalue weighted by atomic mass is 35.5. The van der Waals surface area contributed by atoms with Crippen molar-refractivity contribution < 1.29 is 23.4 Å². The number of rotatable bonds is 16. The fourth-order valence-electron chi connectivity index (χ4n) is 7.28. The first-order valence-electron chi connectivity index (χ1n) is 19.2. The van der Waals surface area contributed by atoms with Crippen LogP contribution >= 0.6 is 23.4 Å². The molecule has 1 saturated heterocycles. The largest absolute Gasteiger partial charge is 0.461 e. The van der Waals surface area contributed by atoms with Crippen molar-refractivity contribution in [2.75, 3.05) is 6.61 Å². The van der Waals surface area contributed by atoms with Gasteiger partial charge >= 0.3 is 0 Å². The van der Waals surface area contributed by atoms with Gasteiger partial charge in [-0.25, -0.2) is 0 Å². The fourth-order valence-corrected chi connectivity index (χ4v) is 9.09. The smallest absolute Gasteiger partial charge is 0.134 e. The van der Waals surface area contributed by atoms with Crippen LogP contribution < -0.4 is 0 Å². The van der Waals surface area contributed by atoms with E-state index in [1.807, 2.05) is 109 Å². The highest BCUT2D eigenvalue weighted by Gasteiger charge is 2.48. The van der Waals surface area contributed by atoms with E-state index in [2.05, 4.69) is 72.8 Å². The summed E-state index contributed by atoms with van der Waals surface area (Å²) < 4.78 is 33.8. The molecule has 1 fully saturated rings. The first-order valence-corrected chi connectivity index (χ1v) is 20.5. The summed E-state index contributed by atoms with van der Waals surface area (Å²) in [6, 6.07) is 57.8. The molecule has 0 bridgehead atoms. The molecule has 0 amide bonds. The summed E-state index contributed by atoms with van der Waals surface area (Å²) in [5.74, 6) is 0.865. The topological polar surface area (TPSA) is 50.1 Å².